The lowest BCUT2D eigenvalue weighted by Crippen LogP contribution is -2.51. The number of benzene rings is 1. The molecule has 1 aromatic heterocycles. The quantitative estimate of drug-likeness (QED) is 0.746. The minimum atomic E-state index is -1.01. The van der Waals surface area contributed by atoms with Gasteiger partial charge in [-0.3, -0.25) is 14.7 Å². The lowest BCUT2D eigenvalue weighted by atomic mass is 9.91. The van der Waals surface area contributed by atoms with E-state index < -0.39 is 5.54 Å². The summed E-state index contributed by atoms with van der Waals surface area (Å²) in [6.45, 7) is 7.55. The second-order valence-electron chi connectivity index (χ2n) is 8.19. The molecule has 1 atom stereocenters. The number of pyridine rings is 1. The van der Waals surface area contributed by atoms with Crippen LogP contribution in [0.25, 0.3) is 0 Å². The van der Waals surface area contributed by atoms with Crippen LogP contribution < -0.4 is 10.2 Å². The molecule has 2 aromatic rings. The Morgan fingerprint density at radius 2 is 1.67 bits per heavy atom. The van der Waals surface area contributed by atoms with E-state index >= 15 is 0 Å². The van der Waals surface area contributed by atoms with Gasteiger partial charge in [0, 0.05) is 44.3 Å². The molecule has 1 N–H and O–H groups in total. The normalized spacial score (nSPS) is 22.5. The summed E-state index contributed by atoms with van der Waals surface area (Å²) in [6, 6.07) is 11.7. The predicted octanol–water partition coefficient (Wildman–Crippen LogP) is 2.58. The smallest absolute Gasteiger partial charge is 0.326 e. The van der Waals surface area contributed by atoms with Crippen molar-refractivity contribution in [3.05, 3.63) is 59.9 Å². The number of hydrogen-bond acceptors (Lipinski definition) is 5. The second kappa shape index (κ2) is 8.44. The van der Waals surface area contributed by atoms with Crippen LogP contribution in [0.2, 0.25) is 0 Å². The van der Waals surface area contributed by atoms with Crippen LogP contribution in [-0.4, -0.2) is 59.6 Å². The van der Waals surface area contributed by atoms with Crippen LogP contribution >= 0.6 is 0 Å². The van der Waals surface area contributed by atoms with Crippen molar-refractivity contribution < 1.29 is 9.59 Å². The Hall–Kier alpha value is -2.93. The molecular formula is C23H29N5O2. The molecule has 3 heterocycles. The molecule has 2 aliphatic rings. The van der Waals surface area contributed by atoms with E-state index in [1.54, 1.807) is 19.3 Å². The molecule has 0 bridgehead atoms. The van der Waals surface area contributed by atoms with Crippen LogP contribution in [-0.2, 0) is 16.8 Å². The Morgan fingerprint density at radius 3 is 2.30 bits per heavy atom. The minimum Gasteiger partial charge on any atom is -0.369 e. The van der Waals surface area contributed by atoms with Crippen molar-refractivity contribution in [1.82, 2.24) is 20.1 Å². The van der Waals surface area contributed by atoms with E-state index in [1.807, 2.05) is 36.4 Å². The number of aromatic nitrogens is 1. The molecule has 0 unspecified atom stereocenters. The zero-order valence-electron chi connectivity index (χ0n) is 17.7. The van der Waals surface area contributed by atoms with Crippen molar-refractivity contribution in [1.29, 1.82) is 0 Å². The molecule has 2 aliphatic heterocycles. The molecular weight excluding hydrogens is 378 g/mol. The molecule has 3 amide bonds. The van der Waals surface area contributed by atoms with E-state index in [-0.39, 0.29) is 11.9 Å². The van der Waals surface area contributed by atoms with Gasteiger partial charge in [0.05, 0.1) is 6.67 Å². The first kappa shape index (κ1) is 20.3. The average molecular weight is 408 g/mol. The van der Waals surface area contributed by atoms with Gasteiger partial charge in [-0.15, -0.1) is 0 Å². The number of piperazine rings is 1. The van der Waals surface area contributed by atoms with Gasteiger partial charge >= 0.3 is 6.03 Å². The summed E-state index contributed by atoms with van der Waals surface area (Å²) in [5, 5.41) is 2.92. The average Bonchev–Trinajstić information content (AvgIpc) is 2.99. The number of aryl methyl sites for hydroxylation is 1. The Bertz CT molecular complexity index is 894. The van der Waals surface area contributed by atoms with E-state index in [9.17, 15) is 9.59 Å². The maximum absolute atomic E-state index is 13.2. The highest BCUT2D eigenvalue weighted by Gasteiger charge is 2.49. The van der Waals surface area contributed by atoms with E-state index in [0.717, 1.165) is 50.3 Å². The number of hydrogen-bond donors (Lipinski definition) is 1. The van der Waals surface area contributed by atoms with Crippen LogP contribution in [0.4, 0.5) is 10.5 Å². The molecule has 0 aliphatic carbocycles. The van der Waals surface area contributed by atoms with Gasteiger partial charge < -0.3 is 10.2 Å². The molecule has 0 radical (unpaired) electrons. The lowest BCUT2D eigenvalue weighted by molar-refractivity contribution is -0.132. The first-order valence-electron chi connectivity index (χ1n) is 10.6. The molecule has 0 saturated carbocycles. The number of nitrogens with one attached hydrogen (secondary N) is 1. The van der Waals surface area contributed by atoms with Gasteiger partial charge in [-0.05, 0) is 36.6 Å². The third kappa shape index (κ3) is 3.89. The zero-order valence-corrected chi connectivity index (χ0v) is 17.7. The second-order valence-corrected chi connectivity index (χ2v) is 8.19. The number of anilines is 1. The maximum atomic E-state index is 13.2. The molecule has 7 nitrogen and oxygen atoms in total. The SMILES string of the molecule is CCCc1ccc([C@]2(C)NC(=O)N(CN3CCN(c4ccncc4)CC3)C2=O)cc1. The number of urea groups is 1. The summed E-state index contributed by atoms with van der Waals surface area (Å²) in [6.07, 6.45) is 5.68. The van der Waals surface area contributed by atoms with Gasteiger partial charge in [-0.25, -0.2) is 9.69 Å². The Morgan fingerprint density at radius 1 is 1.00 bits per heavy atom. The summed E-state index contributed by atoms with van der Waals surface area (Å²) in [4.78, 5) is 35.7. The van der Waals surface area contributed by atoms with Gasteiger partial charge in [0.25, 0.3) is 5.91 Å². The summed E-state index contributed by atoms with van der Waals surface area (Å²) < 4.78 is 0. The summed E-state index contributed by atoms with van der Waals surface area (Å²) >= 11 is 0. The highest BCUT2D eigenvalue weighted by atomic mass is 16.2. The van der Waals surface area contributed by atoms with Gasteiger partial charge in [0.1, 0.15) is 5.54 Å². The number of imide groups is 1. The largest absolute Gasteiger partial charge is 0.369 e. The number of carbonyl (C=O) groups excluding carboxylic acids is 2. The van der Waals surface area contributed by atoms with Crippen molar-refractivity contribution >= 4 is 17.6 Å². The standard InChI is InChI=1S/C23H29N5O2/c1-3-4-18-5-7-19(8-6-18)23(2)21(29)28(22(30)25-23)17-26-13-15-27(16-14-26)20-9-11-24-12-10-20/h5-12H,3-4,13-17H2,1-2H3,(H,25,30)/t23-/m0/s1. The molecule has 4 rings (SSSR count). The van der Waals surface area contributed by atoms with Crippen LogP contribution in [0, 0.1) is 0 Å². The summed E-state index contributed by atoms with van der Waals surface area (Å²) in [5.41, 5.74) is 2.20. The van der Waals surface area contributed by atoms with Crippen LogP contribution in [0.5, 0.6) is 0 Å². The van der Waals surface area contributed by atoms with E-state index in [2.05, 4.69) is 27.0 Å². The molecule has 30 heavy (non-hydrogen) atoms. The monoisotopic (exact) mass is 407 g/mol. The molecule has 2 fully saturated rings. The highest BCUT2D eigenvalue weighted by molar-refractivity contribution is 6.07. The number of rotatable bonds is 6. The van der Waals surface area contributed by atoms with Gasteiger partial charge in [0.2, 0.25) is 0 Å². The molecule has 7 heteroatoms. The summed E-state index contributed by atoms with van der Waals surface area (Å²) in [5.74, 6) is -0.188. The van der Waals surface area contributed by atoms with Crippen LogP contribution in [0.15, 0.2) is 48.8 Å². The van der Waals surface area contributed by atoms with Crippen molar-refractivity contribution in [2.75, 3.05) is 37.7 Å². The van der Waals surface area contributed by atoms with Gasteiger partial charge in [-0.1, -0.05) is 37.6 Å². The predicted molar refractivity (Wildman–Crippen MR) is 116 cm³/mol. The number of nitrogens with zero attached hydrogens (tertiary/aromatic N) is 4. The van der Waals surface area contributed by atoms with Crippen molar-refractivity contribution in [2.45, 2.75) is 32.2 Å². The van der Waals surface area contributed by atoms with Crippen LogP contribution in [0.1, 0.15) is 31.4 Å². The number of amides is 3. The van der Waals surface area contributed by atoms with Crippen molar-refractivity contribution in [3.63, 3.8) is 0 Å². The third-order valence-electron chi connectivity index (χ3n) is 6.09. The molecule has 158 valence electrons. The fraction of sp³-hybridized carbons (Fsp3) is 0.435. The maximum Gasteiger partial charge on any atom is 0.326 e. The van der Waals surface area contributed by atoms with E-state index in [1.165, 1.54) is 10.5 Å². The fourth-order valence-electron chi connectivity index (χ4n) is 4.22. The molecule has 2 saturated heterocycles. The van der Waals surface area contributed by atoms with E-state index in [0.29, 0.717) is 6.67 Å². The first-order valence-corrected chi connectivity index (χ1v) is 10.6. The number of carbonyl (C=O) groups is 2. The molecule has 1 aromatic carbocycles. The van der Waals surface area contributed by atoms with Gasteiger partial charge in [0.15, 0.2) is 0 Å². The Kier molecular flexibility index (Phi) is 5.72. The zero-order chi connectivity index (χ0) is 21.1. The van der Waals surface area contributed by atoms with Crippen LogP contribution in [0.3, 0.4) is 0 Å². The first-order chi connectivity index (χ1) is 14.5. The minimum absolute atomic E-state index is 0.188. The summed E-state index contributed by atoms with van der Waals surface area (Å²) in [7, 11) is 0. The highest BCUT2D eigenvalue weighted by Crippen LogP contribution is 2.29. The molecule has 0 spiro atoms. The lowest BCUT2D eigenvalue weighted by Gasteiger charge is -2.37. The fourth-order valence-corrected chi connectivity index (χ4v) is 4.22. The van der Waals surface area contributed by atoms with Crippen molar-refractivity contribution in [3.8, 4) is 0 Å². The van der Waals surface area contributed by atoms with Gasteiger partial charge in [-0.2, -0.15) is 0 Å². The van der Waals surface area contributed by atoms with E-state index in [4.69, 9.17) is 0 Å². The Labute approximate surface area is 177 Å². The third-order valence-corrected chi connectivity index (χ3v) is 6.09. The topological polar surface area (TPSA) is 68.8 Å². The van der Waals surface area contributed by atoms with Crippen molar-refractivity contribution in [2.24, 2.45) is 0 Å². The Balaban J connectivity index is 1.40.